The molecule has 84 valence electrons. The number of pyridine rings is 1. The van der Waals surface area contributed by atoms with Gasteiger partial charge in [0.15, 0.2) is 0 Å². The fourth-order valence-electron chi connectivity index (χ4n) is 1.36. The topological polar surface area (TPSA) is 50.9 Å². The van der Waals surface area contributed by atoms with E-state index >= 15 is 0 Å². The maximum absolute atomic E-state index is 5.59. The zero-order chi connectivity index (χ0) is 11.5. The number of halogens is 2. The van der Waals surface area contributed by atoms with Crippen molar-refractivity contribution in [1.82, 2.24) is 10.4 Å². The minimum atomic E-state index is -0.0810. The molecule has 3 N–H and O–H groups in total. The minimum absolute atomic E-state index is 0.0810. The molecular weight excluding hydrogens is 354 g/mol. The van der Waals surface area contributed by atoms with Gasteiger partial charge in [0.25, 0.3) is 0 Å². The number of nitrogens with one attached hydrogen (secondary N) is 1. The van der Waals surface area contributed by atoms with Crippen LogP contribution < -0.4 is 11.3 Å². The van der Waals surface area contributed by atoms with E-state index in [9.17, 15) is 0 Å². The largest absolute Gasteiger partial charge is 0.270 e. The first kappa shape index (κ1) is 12.2. The van der Waals surface area contributed by atoms with Crippen LogP contribution in [0.1, 0.15) is 16.6 Å². The molecule has 0 aromatic carbocycles. The molecule has 0 radical (unpaired) electrons. The number of rotatable bonds is 3. The second kappa shape index (κ2) is 5.37. The molecule has 0 saturated carbocycles. The summed E-state index contributed by atoms with van der Waals surface area (Å²) in [5.74, 6) is 5.59. The first-order valence-corrected chi connectivity index (χ1v) is 6.99. The van der Waals surface area contributed by atoms with Gasteiger partial charge in [-0.15, -0.1) is 11.3 Å². The van der Waals surface area contributed by atoms with Gasteiger partial charge < -0.3 is 0 Å². The number of hydrogen-bond acceptors (Lipinski definition) is 4. The van der Waals surface area contributed by atoms with E-state index in [0.29, 0.717) is 0 Å². The molecule has 16 heavy (non-hydrogen) atoms. The van der Waals surface area contributed by atoms with Crippen LogP contribution in [-0.2, 0) is 0 Å². The molecule has 3 nitrogen and oxygen atoms in total. The summed E-state index contributed by atoms with van der Waals surface area (Å²) in [6.07, 6.45) is 1.77. The van der Waals surface area contributed by atoms with Gasteiger partial charge in [-0.1, -0.05) is 0 Å². The summed E-state index contributed by atoms with van der Waals surface area (Å²) >= 11 is 8.50. The van der Waals surface area contributed by atoms with Crippen LogP contribution >= 0.6 is 43.2 Å². The van der Waals surface area contributed by atoms with Gasteiger partial charge in [0.05, 0.1) is 11.7 Å². The molecule has 1 unspecified atom stereocenters. The predicted octanol–water partition coefficient (Wildman–Crippen LogP) is 3.22. The molecule has 0 spiro atoms. The lowest BCUT2D eigenvalue weighted by Gasteiger charge is -2.14. The highest BCUT2D eigenvalue weighted by molar-refractivity contribution is 9.10. The molecule has 0 aliphatic carbocycles. The molecular formula is C10H9Br2N3S. The van der Waals surface area contributed by atoms with Gasteiger partial charge >= 0.3 is 0 Å². The fraction of sp³-hybridized carbons (Fsp3) is 0.100. The lowest BCUT2D eigenvalue weighted by molar-refractivity contribution is 0.628. The Balaban J connectivity index is 2.37. The second-order valence-electron chi connectivity index (χ2n) is 3.13. The highest BCUT2D eigenvalue weighted by Gasteiger charge is 2.17. The van der Waals surface area contributed by atoms with Crippen LogP contribution in [0.4, 0.5) is 0 Å². The van der Waals surface area contributed by atoms with Crippen molar-refractivity contribution in [2.75, 3.05) is 0 Å². The second-order valence-corrected chi connectivity index (χ2v) is 5.85. The molecule has 0 amide bonds. The van der Waals surface area contributed by atoms with E-state index in [1.54, 1.807) is 17.5 Å². The van der Waals surface area contributed by atoms with Crippen molar-refractivity contribution in [1.29, 1.82) is 0 Å². The van der Waals surface area contributed by atoms with Crippen molar-refractivity contribution >= 4 is 43.2 Å². The lowest BCUT2D eigenvalue weighted by Crippen LogP contribution is -2.29. The molecule has 2 aromatic rings. The maximum Gasteiger partial charge on any atom is 0.0984 e. The molecule has 0 aliphatic rings. The standard InChI is InChI=1S/C10H9Br2N3S/c11-6-1-2-8(14-5-6)9(15-13)10-7(12)3-4-16-10/h1-5,9,15H,13H2. The molecule has 2 rings (SSSR count). The molecule has 1 atom stereocenters. The Morgan fingerprint density at radius 1 is 1.31 bits per heavy atom. The van der Waals surface area contributed by atoms with Crippen LogP contribution in [0.15, 0.2) is 38.7 Å². The molecule has 0 aliphatic heterocycles. The van der Waals surface area contributed by atoms with Gasteiger partial charge in [0, 0.05) is 20.0 Å². The van der Waals surface area contributed by atoms with Crippen LogP contribution in [0.3, 0.4) is 0 Å². The Kier molecular flexibility index (Phi) is 4.10. The molecule has 0 fully saturated rings. The van der Waals surface area contributed by atoms with E-state index in [1.807, 2.05) is 23.6 Å². The van der Waals surface area contributed by atoms with E-state index in [2.05, 4.69) is 42.3 Å². The Morgan fingerprint density at radius 3 is 2.62 bits per heavy atom. The molecule has 0 bridgehead atoms. The number of nitrogens with two attached hydrogens (primary N) is 1. The Morgan fingerprint density at radius 2 is 2.12 bits per heavy atom. The van der Waals surface area contributed by atoms with E-state index in [1.165, 1.54) is 0 Å². The Hall–Kier alpha value is -0.270. The summed E-state index contributed by atoms with van der Waals surface area (Å²) in [7, 11) is 0. The first-order chi connectivity index (χ1) is 7.72. The smallest absolute Gasteiger partial charge is 0.0984 e. The third kappa shape index (κ3) is 2.52. The first-order valence-electron chi connectivity index (χ1n) is 4.53. The number of hydrogen-bond donors (Lipinski definition) is 2. The SMILES string of the molecule is NNC(c1ccc(Br)cn1)c1sccc1Br. The highest BCUT2D eigenvalue weighted by Crippen LogP contribution is 2.32. The zero-order valence-electron chi connectivity index (χ0n) is 8.15. The van der Waals surface area contributed by atoms with Crippen molar-refractivity contribution in [3.05, 3.63) is 49.3 Å². The number of thiophene rings is 1. The Bertz CT molecular complexity index is 469. The monoisotopic (exact) mass is 361 g/mol. The van der Waals surface area contributed by atoms with Gasteiger partial charge in [0.1, 0.15) is 0 Å². The summed E-state index contributed by atoms with van der Waals surface area (Å²) in [5, 5.41) is 2.02. The van der Waals surface area contributed by atoms with Gasteiger partial charge in [-0.25, -0.2) is 5.43 Å². The summed E-state index contributed by atoms with van der Waals surface area (Å²) in [6, 6.07) is 5.82. The third-order valence-electron chi connectivity index (χ3n) is 2.12. The lowest BCUT2D eigenvalue weighted by atomic mass is 10.1. The normalized spacial score (nSPS) is 12.7. The average molecular weight is 363 g/mol. The molecule has 6 heteroatoms. The number of hydrazine groups is 1. The van der Waals surface area contributed by atoms with Crippen molar-refractivity contribution in [2.45, 2.75) is 6.04 Å². The highest BCUT2D eigenvalue weighted by atomic mass is 79.9. The van der Waals surface area contributed by atoms with Crippen molar-refractivity contribution in [3.8, 4) is 0 Å². The average Bonchev–Trinajstić information content (AvgIpc) is 2.69. The van der Waals surface area contributed by atoms with Crippen LogP contribution in [0.2, 0.25) is 0 Å². The van der Waals surface area contributed by atoms with Crippen molar-refractivity contribution in [3.63, 3.8) is 0 Å². The van der Waals surface area contributed by atoms with E-state index in [0.717, 1.165) is 19.5 Å². The van der Waals surface area contributed by atoms with Crippen molar-refractivity contribution in [2.24, 2.45) is 5.84 Å². The summed E-state index contributed by atoms with van der Waals surface area (Å²) < 4.78 is 2.00. The minimum Gasteiger partial charge on any atom is -0.270 e. The zero-order valence-corrected chi connectivity index (χ0v) is 12.1. The fourth-order valence-corrected chi connectivity index (χ4v) is 3.27. The van der Waals surface area contributed by atoms with E-state index in [4.69, 9.17) is 5.84 Å². The van der Waals surface area contributed by atoms with Crippen LogP contribution in [0.5, 0.6) is 0 Å². The van der Waals surface area contributed by atoms with Gasteiger partial charge in [0.2, 0.25) is 0 Å². The number of aromatic nitrogens is 1. The van der Waals surface area contributed by atoms with E-state index < -0.39 is 0 Å². The van der Waals surface area contributed by atoms with E-state index in [-0.39, 0.29) is 6.04 Å². The van der Waals surface area contributed by atoms with Gasteiger partial charge in [-0.3, -0.25) is 10.8 Å². The maximum atomic E-state index is 5.59. The summed E-state index contributed by atoms with van der Waals surface area (Å²) in [4.78, 5) is 5.47. The molecule has 2 heterocycles. The molecule has 0 saturated heterocycles. The van der Waals surface area contributed by atoms with Crippen LogP contribution in [-0.4, -0.2) is 4.98 Å². The van der Waals surface area contributed by atoms with Gasteiger partial charge in [-0.2, -0.15) is 0 Å². The predicted molar refractivity (Wildman–Crippen MR) is 73.1 cm³/mol. The summed E-state index contributed by atoms with van der Waals surface area (Å²) in [6.45, 7) is 0. The quantitative estimate of drug-likeness (QED) is 0.651. The van der Waals surface area contributed by atoms with Crippen LogP contribution in [0, 0.1) is 0 Å². The summed E-state index contributed by atoms with van der Waals surface area (Å²) in [5.41, 5.74) is 3.68. The van der Waals surface area contributed by atoms with Crippen molar-refractivity contribution < 1.29 is 0 Å². The van der Waals surface area contributed by atoms with Crippen LogP contribution in [0.25, 0.3) is 0 Å². The third-order valence-corrected chi connectivity index (χ3v) is 4.52. The number of nitrogens with zero attached hydrogens (tertiary/aromatic N) is 1. The molecule has 2 aromatic heterocycles. The van der Waals surface area contributed by atoms with Gasteiger partial charge in [-0.05, 0) is 55.4 Å². The Labute approximate surface area is 114 Å².